The molecule has 0 N–H and O–H groups in total. The van der Waals surface area contributed by atoms with Gasteiger partial charge in [-0.1, -0.05) is 0 Å². The van der Waals surface area contributed by atoms with Gasteiger partial charge in [-0.3, -0.25) is 9.59 Å². The molecule has 0 saturated heterocycles. The Balaban J connectivity index is 2.01. The molecule has 0 aromatic heterocycles. The second-order valence-electron chi connectivity index (χ2n) is 3.21. The first-order chi connectivity index (χ1) is 6.70. The average Bonchev–Trinajstić information content (AvgIpc) is 2.51. The average molecular weight is 198 g/mol. The second kappa shape index (κ2) is 5.42. The maximum absolute atomic E-state index is 11.0. The molecule has 4 nitrogen and oxygen atoms in total. The zero-order valence-corrected chi connectivity index (χ0v) is 8.19. The molecule has 1 atom stereocenters. The van der Waals surface area contributed by atoms with Crippen LogP contribution in [0.2, 0.25) is 0 Å². The van der Waals surface area contributed by atoms with Crippen LogP contribution in [0.15, 0.2) is 12.3 Å². The van der Waals surface area contributed by atoms with Crippen LogP contribution in [0.3, 0.4) is 0 Å². The van der Waals surface area contributed by atoms with Crippen LogP contribution in [0.4, 0.5) is 0 Å². The number of hydrogen-bond donors (Lipinski definition) is 0. The first-order valence-electron chi connectivity index (χ1n) is 4.70. The molecule has 0 spiro atoms. The summed E-state index contributed by atoms with van der Waals surface area (Å²) in [6.45, 7) is 1.82. The highest BCUT2D eigenvalue weighted by Gasteiger charge is 2.20. The van der Waals surface area contributed by atoms with E-state index in [1.54, 1.807) is 6.08 Å². The molecule has 0 bridgehead atoms. The summed E-state index contributed by atoms with van der Waals surface area (Å²) in [4.78, 5) is 21.4. The smallest absolute Gasteiger partial charge is 0.317 e. The molecule has 0 saturated carbocycles. The van der Waals surface area contributed by atoms with Crippen molar-refractivity contribution in [3.05, 3.63) is 12.3 Å². The molecule has 78 valence electrons. The van der Waals surface area contributed by atoms with Crippen molar-refractivity contribution in [2.24, 2.45) is 5.92 Å². The molecule has 0 fully saturated rings. The number of unbranched alkanes of at least 4 members (excludes halogenated alkanes) is 1. The molecular weight excluding hydrogens is 184 g/mol. The van der Waals surface area contributed by atoms with Crippen molar-refractivity contribution in [1.29, 1.82) is 0 Å². The Kier molecular flexibility index (Phi) is 4.16. The molecule has 0 radical (unpaired) electrons. The molecule has 0 aromatic carbocycles. The van der Waals surface area contributed by atoms with E-state index < -0.39 is 0 Å². The summed E-state index contributed by atoms with van der Waals surface area (Å²) in [7, 11) is 0. The fourth-order valence-corrected chi connectivity index (χ4v) is 1.26. The topological polar surface area (TPSA) is 52.6 Å². The zero-order valence-electron chi connectivity index (χ0n) is 8.19. The zero-order chi connectivity index (χ0) is 10.4. The van der Waals surface area contributed by atoms with E-state index in [4.69, 9.17) is 4.74 Å². The van der Waals surface area contributed by atoms with E-state index in [0.717, 1.165) is 19.3 Å². The lowest BCUT2D eigenvalue weighted by atomic mass is 10.0. The van der Waals surface area contributed by atoms with Gasteiger partial charge in [-0.25, -0.2) is 0 Å². The number of rotatable bonds is 5. The predicted octanol–water partition coefficient (Wildman–Crippen LogP) is 1.41. The van der Waals surface area contributed by atoms with Gasteiger partial charge in [0.15, 0.2) is 0 Å². The Morgan fingerprint density at radius 2 is 2.36 bits per heavy atom. The van der Waals surface area contributed by atoms with Gasteiger partial charge in [0, 0.05) is 6.92 Å². The number of ether oxygens (including phenoxy) is 2. The van der Waals surface area contributed by atoms with Crippen molar-refractivity contribution in [1.82, 2.24) is 0 Å². The minimum atomic E-state index is -0.259. The fourth-order valence-electron chi connectivity index (χ4n) is 1.26. The molecule has 1 heterocycles. The maximum atomic E-state index is 11.0. The quantitative estimate of drug-likeness (QED) is 0.495. The molecule has 1 aliphatic heterocycles. The predicted molar refractivity (Wildman–Crippen MR) is 49.2 cm³/mol. The molecule has 4 heteroatoms. The Bertz CT molecular complexity index is 245. The van der Waals surface area contributed by atoms with Crippen molar-refractivity contribution in [2.75, 3.05) is 6.61 Å². The van der Waals surface area contributed by atoms with E-state index in [2.05, 4.69) is 4.74 Å². The number of esters is 2. The molecule has 1 aliphatic rings. The lowest BCUT2D eigenvalue weighted by Crippen LogP contribution is -2.08. The first-order valence-corrected chi connectivity index (χ1v) is 4.70. The summed E-state index contributed by atoms with van der Waals surface area (Å²) < 4.78 is 9.42. The summed E-state index contributed by atoms with van der Waals surface area (Å²) in [5.41, 5.74) is 0. The van der Waals surface area contributed by atoms with Crippen LogP contribution in [-0.4, -0.2) is 18.5 Å². The largest absolute Gasteiger partial charge is 0.466 e. The molecule has 14 heavy (non-hydrogen) atoms. The summed E-state index contributed by atoms with van der Waals surface area (Å²) in [6, 6.07) is 0. The van der Waals surface area contributed by atoms with E-state index in [-0.39, 0.29) is 17.9 Å². The summed E-state index contributed by atoms with van der Waals surface area (Å²) >= 11 is 0. The Labute approximate surface area is 82.9 Å². The molecule has 0 aliphatic carbocycles. The molecule has 0 aromatic rings. The van der Waals surface area contributed by atoms with E-state index in [1.165, 1.54) is 13.2 Å². The minimum absolute atomic E-state index is 0.104. The fraction of sp³-hybridized carbons (Fsp3) is 0.600. The third-order valence-corrected chi connectivity index (χ3v) is 2.01. The van der Waals surface area contributed by atoms with Gasteiger partial charge in [0.25, 0.3) is 0 Å². The Morgan fingerprint density at radius 3 is 2.93 bits per heavy atom. The van der Waals surface area contributed by atoms with Crippen LogP contribution >= 0.6 is 0 Å². The molecule has 1 unspecified atom stereocenters. The number of cyclic esters (lactones) is 1. The van der Waals surface area contributed by atoms with Crippen LogP contribution in [0.5, 0.6) is 0 Å². The van der Waals surface area contributed by atoms with Crippen molar-refractivity contribution >= 4 is 11.9 Å². The maximum Gasteiger partial charge on any atom is 0.317 e. The third-order valence-electron chi connectivity index (χ3n) is 2.01. The Hall–Kier alpha value is -1.32. The lowest BCUT2D eigenvalue weighted by molar-refractivity contribution is -0.142. The van der Waals surface area contributed by atoms with Gasteiger partial charge in [-0.05, 0) is 25.3 Å². The van der Waals surface area contributed by atoms with E-state index >= 15 is 0 Å². The number of hydrogen-bond acceptors (Lipinski definition) is 4. The van der Waals surface area contributed by atoms with Gasteiger partial charge >= 0.3 is 11.9 Å². The van der Waals surface area contributed by atoms with Crippen LogP contribution in [0.25, 0.3) is 0 Å². The van der Waals surface area contributed by atoms with Crippen LogP contribution in [0, 0.1) is 5.92 Å². The van der Waals surface area contributed by atoms with Crippen molar-refractivity contribution in [3.8, 4) is 0 Å². The van der Waals surface area contributed by atoms with Gasteiger partial charge in [0.2, 0.25) is 0 Å². The summed E-state index contributed by atoms with van der Waals surface area (Å²) in [6.07, 6.45) is 5.60. The van der Waals surface area contributed by atoms with Crippen molar-refractivity contribution in [3.63, 3.8) is 0 Å². The molecule has 0 amide bonds. The second-order valence-corrected chi connectivity index (χ2v) is 3.21. The van der Waals surface area contributed by atoms with Crippen LogP contribution in [-0.2, 0) is 19.1 Å². The Morgan fingerprint density at radius 1 is 1.57 bits per heavy atom. The van der Waals surface area contributed by atoms with Crippen molar-refractivity contribution < 1.29 is 19.1 Å². The van der Waals surface area contributed by atoms with Crippen molar-refractivity contribution in [2.45, 2.75) is 26.2 Å². The van der Waals surface area contributed by atoms with E-state index in [0.29, 0.717) is 6.61 Å². The first kappa shape index (κ1) is 10.8. The van der Waals surface area contributed by atoms with Gasteiger partial charge < -0.3 is 9.47 Å². The van der Waals surface area contributed by atoms with Crippen LogP contribution < -0.4 is 0 Å². The highest BCUT2D eigenvalue weighted by Crippen LogP contribution is 2.17. The highest BCUT2D eigenvalue weighted by atomic mass is 16.5. The monoisotopic (exact) mass is 198 g/mol. The minimum Gasteiger partial charge on any atom is -0.466 e. The number of carbonyl (C=O) groups is 2. The summed E-state index contributed by atoms with van der Waals surface area (Å²) in [5, 5.41) is 0. The molecule has 1 rings (SSSR count). The van der Waals surface area contributed by atoms with E-state index in [9.17, 15) is 9.59 Å². The third kappa shape index (κ3) is 3.60. The SMILES string of the molecule is CC(=O)OCCCCC1C=COC1=O. The van der Waals surface area contributed by atoms with Gasteiger partial charge in [-0.15, -0.1) is 0 Å². The normalized spacial score (nSPS) is 19.5. The standard InChI is InChI=1S/C10H14O4/c1-8(11)13-6-3-2-4-9-5-7-14-10(9)12/h5,7,9H,2-4,6H2,1H3. The lowest BCUT2D eigenvalue weighted by Gasteiger charge is -2.04. The van der Waals surface area contributed by atoms with Gasteiger partial charge in [0.05, 0.1) is 18.8 Å². The number of carbonyl (C=O) groups excluding carboxylic acids is 2. The molecular formula is C10H14O4. The van der Waals surface area contributed by atoms with E-state index in [1.807, 2.05) is 0 Å². The van der Waals surface area contributed by atoms with Gasteiger partial charge in [0.1, 0.15) is 0 Å². The van der Waals surface area contributed by atoms with Gasteiger partial charge in [-0.2, -0.15) is 0 Å². The summed E-state index contributed by atoms with van der Waals surface area (Å²) in [5.74, 6) is -0.546. The van der Waals surface area contributed by atoms with Crippen LogP contribution in [0.1, 0.15) is 26.2 Å². The highest BCUT2D eigenvalue weighted by molar-refractivity contribution is 5.77.